The fraction of sp³-hybridized carbons (Fsp3) is 0.100. The summed E-state index contributed by atoms with van der Waals surface area (Å²) >= 11 is 0. The van der Waals surface area contributed by atoms with Gasteiger partial charge in [0.05, 0.1) is 5.56 Å². The largest absolute Gasteiger partial charge is 0.350 e. The molecule has 0 aliphatic heterocycles. The lowest BCUT2D eigenvalue weighted by Gasteiger charge is -2.12. The van der Waals surface area contributed by atoms with Gasteiger partial charge in [0.25, 0.3) is 11.8 Å². The van der Waals surface area contributed by atoms with Crippen molar-refractivity contribution in [2.24, 2.45) is 0 Å². The molecule has 6 nitrogen and oxygen atoms in total. The standard InChI is InChI=1S/C30H24F2N4O2/c31-22-7-5-6-20(16-22)19-36-27-12-11-24(35-29(37)25-9-1-2-10-26(25)32)17-21(27)18-28(36)30(38)34-15-13-23-8-3-4-14-33-23/h1-12,14,16-18H,13,15,19H2,(H,34,38)(H,35,37). The second-order valence-electron chi connectivity index (χ2n) is 8.78. The molecule has 38 heavy (non-hydrogen) atoms. The molecule has 0 radical (unpaired) electrons. The number of anilines is 1. The first-order valence-corrected chi connectivity index (χ1v) is 12.1. The van der Waals surface area contributed by atoms with Crippen molar-refractivity contribution >= 4 is 28.4 Å². The van der Waals surface area contributed by atoms with Crippen LogP contribution in [0.5, 0.6) is 0 Å². The van der Waals surface area contributed by atoms with E-state index in [0.717, 1.165) is 11.2 Å². The topological polar surface area (TPSA) is 76.0 Å². The molecule has 5 aromatic rings. The Morgan fingerprint density at radius 1 is 0.842 bits per heavy atom. The smallest absolute Gasteiger partial charge is 0.267 e. The summed E-state index contributed by atoms with van der Waals surface area (Å²) in [6.45, 7) is 0.659. The maximum absolute atomic E-state index is 14.0. The highest BCUT2D eigenvalue weighted by molar-refractivity contribution is 6.06. The Morgan fingerprint density at radius 2 is 1.68 bits per heavy atom. The van der Waals surface area contributed by atoms with Crippen molar-refractivity contribution in [2.45, 2.75) is 13.0 Å². The van der Waals surface area contributed by atoms with Crippen LogP contribution in [0.3, 0.4) is 0 Å². The molecule has 0 unspecified atom stereocenters. The highest BCUT2D eigenvalue weighted by atomic mass is 19.1. The number of hydrogen-bond donors (Lipinski definition) is 2. The number of nitrogens with zero attached hydrogens (tertiary/aromatic N) is 2. The fourth-order valence-corrected chi connectivity index (χ4v) is 4.31. The highest BCUT2D eigenvalue weighted by Gasteiger charge is 2.18. The number of nitrogens with one attached hydrogen (secondary N) is 2. The van der Waals surface area contributed by atoms with Gasteiger partial charge in [-0.2, -0.15) is 0 Å². The highest BCUT2D eigenvalue weighted by Crippen LogP contribution is 2.26. The van der Waals surface area contributed by atoms with Crippen molar-refractivity contribution in [1.82, 2.24) is 14.9 Å². The number of amides is 2. The predicted octanol–water partition coefficient (Wildman–Crippen LogP) is 5.59. The van der Waals surface area contributed by atoms with Crippen molar-refractivity contribution < 1.29 is 18.4 Å². The molecule has 0 saturated carbocycles. The minimum atomic E-state index is -0.614. The van der Waals surface area contributed by atoms with Crippen LogP contribution in [0.2, 0.25) is 0 Å². The number of hydrogen-bond acceptors (Lipinski definition) is 3. The summed E-state index contributed by atoms with van der Waals surface area (Å²) in [5, 5.41) is 6.35. The normalized spacial score (nSPS) is 10.9. The van der Waals surface area contributed by atoms with Gasteiger partial charge in [0.2, 0.25) is 0 Å². The summed E-state index contributed by atoms with van der Waals surface area (Å²) in [5.74, 6) is -1.84. The quantitative estimate of drug-likeness (QED) is 0.286. The Kier molecular flexibility index (Phi) is 7.21. The van der Waals surface area contributed by atoms with Crippen molar-refractivity contribution in [1.29, 1.82) is 0 Å². The fourth-order valence-electron chi connectivity index (χ4n) is 4.31. The van der Waals surface area contributed by atoms with Gasteiger partial charge in [0.15, 0.2) is 0 Å². The second kappa shape index (κ2) is 11.0. The molecule has 3 aromatic carbocycles. The third-order valence-corrected chi connectivity index (χ3v) is 6.13. The average molecular weight is 511 g/mol. The molecule has 0 bridgehead atoms. The Hall–Kier alpha value is -4.85. The number of rotatable bonds is 8. The number of carbonyl (C=O) groups excluding carboxylic acids is 2. The number of pyridine rings is 1. The molecular weight excluding hydrogens is 486 g/mol. The zero-order valence-corrected chi connectivity index (χ0v) is 20.3. The lowest BCUT2D eigenvalue weighted by Crippen LogP contribution is -2.28. The van der Waals surface area contributed by atoms with E-state index >= 15 is 0 Å². The van der Waals surface area contributed by atoms with Crippen molar-refractivity contribution in [3.05, 3.63) is 131 Å². The van der Waals surface area contributed by atoms with Crippen LogP contribution in [0, 0.1) is 11.6 Å². The van der Waals surface area contributed by atoms with E-state index in [4.69, 9.17) is 0 Å². The molecule has 0 atom stereocenters. The van der Waals surface area contributed by atoms with Crippen LogP contribution in [0.15, 0.2) is 97.2 Å². The molecule has 0 fully saturated rings. The van der Waals surface area contributed by atoms with Crippen molar-refractivity contribution in [3.63, 3.8) is 0 Å². The summed E-state index contributed by atoms with van der Waals surface area (Å²) in [6, 6.07) is 24.5. The number of fused-ring (bicyclic) bond motifs is 1. The lowest BCUT2D eigenvalue weighted by molar-refractivity contribution is 0.0944. The maximum atomic E-state index is 14.0. The summed E-state index contributed by atoms with van der Waals surface area (Å²) in [6.07, 6.45) is 2.28. The van der Waals surface area contributed by atoms with E-state index in [2.05, 4.69) is 15.6 Å². The monoisotopic (exact) mass is 510 g/mol. The van der Waals surface area contributed by atoms with E-state index in [1.54, 1.807) is 48.7 Å². The minimum absolute atomic E-state index is 0.0655. The molecule has 190 valence electrons. The molecule has 0 aliphatic carbocycles. The average Bonchev–Trinajstić information content (AvgIpc) is 3.27. The summed E-state index contributed by atoms with van der Waals surface area (Å²) in [7, 11) is 0. The van der Waals surface area contributed by atoms with E-state index in [-0.39, 0.29) is 23.8 Å². The van der Waals surface area contributed by atoms with Gasteiger partial charge in [0, 0.05) is 48.0 Å². The van der Waals surface area contributed by atoms with Gasteiger partial charge in [-0.15, -0.1) is 0 Å². The zero-order chi connectivity index (χ0) is 26.5. The van der Waals surface area contributed by atoms with Gasteiger partial charge in [-0.3, -0.25) is 14.6 Å². The molecule has 8 heteroatoms. The molecular formula is C30H24F2N4O2. The van der Waals surface area contributed by atoms with E-state index in [9.17, 15) is 18.4 Å². The Morgan fingerprint density at radius 3 is 2.47 bits per heavy atom. The summed E-state index contributed by atoms with van der Waals surface area (Å²) in [5.41, 5.74) is 3.07. The molecule has 0 spiro atoms. The van der Waals surface area contributed by atoms with Crippen molar-refractivity contribution in [3.8, 4) is 0 Å². The van der Waals surface area contributed by atoms with E-state index in [0.29, 0.717) is 35.3 Å². The number of carbonyl (C=O) groups is 2. The molecule has 0 saturated heterocycles. The third-order valence-electron chi connectivity index (χ3n) is 6.13. The van der Waals surface area contributed by atoms with Gasteiger partial charge >= 0.3 is 0 Å². The Labute approximate surface area is 218 Å². The van der Waals surface area contributed by atoms with E-state index in [1.165, 1.54) is 30.3 Å². The molecule has 5 rings (SSSR count). The zero-order valence-electron chi connectivity index (χ0n) is 20.3. The van der Waals surface area contributed by atoms with E-state index in [1.807, 2.05) is 22.8 Å². The summed E-state index contributed by atoms with van der Waals surface area (Å²) in [4.78, 5) is 30.1. The molecule has 2 aromatic heterocycles. The van der Waals surface area contributed by atoms with Crippen LogP contribution in [0.4, 0.5) is 14.5 Å². The third kappa shape index (κ3) is 5.59. The first-order chi connectivity index (χ1) is 18.5. The second-order valence-corrected chi connectivity index (χ2v) is 8.78. The SMILES string of the molecule is O=C(Nc1ccc2c(c1)cc(C(=O)NCCc1ccccn1)n2Cc1cccc(F)c1)c1ccccc1F. The van der Waals surface area contributed by atoms with Crippen LogP contribution >= 0.6 is 0 Å². The number of benzene rings is 3. The van der Waals surface area contributed by atoms with Gasteiger partial charge in [0.1, 0.15) is 17.3 Å². The van der Waals surface area contributed by atoms with Crippen LogP contribution in [-0.2, 0) is 13.0 Å². The number of aromatic nitrogens is 2. The van der Waals surface area contributed by atoms with Gasteiger partial charge < -0.3 is 15.2 Å². The van der Waals surface area contributed by atoms with Crippen LogP contribution in [-0.4, -0.2) is 27.9 Å². The van der Waals surface area contributed by atoms with Crippen LogP contribution in [0.25, 0.3) is 10.9 Å². The van der Waals surface area contributed by atoms with E-state index < -0.39 is 11.7 Å². The molecule has 2 N–H and O–H groups in total. The lowest BCUT2D eigenvalue weighted by atomic mass is 10.1. The minimum Gasteiger partial charge on any atom is -0.350 e. The maximum Gasteiger partial charge on any atom is 0.267 e. The Balaban J connectivity index is 1.43. The first kappa shape index (κ1) is 24.8. The molecule has 2 heterocycles. The Bertz CT molecular complexity index is 1620. The number of halogens is 2. The summed E-state index contributed by atoms with van der Waals surface area (Å²) < 4.78 is 29.7. The van der Waals surface area contributed by atoms with Crippen LogP contribution in [0.1, 0.15) is 32.1 Å². The predicted molar refractivity (Wildman–Crippen MR) is 142 cm³/mol. The first-order valence-electron chi connectivity index (χ1n) is 12.1. The van der Waals surface area contributed by atoms with Gasteiger partial charge in [-0.05, 0) is 66.2 Å². The van der Waals surface area contributed by atoms with Gasteiger partial charge in [-0.1, -0.05) is 30.3 Å². The molecule has 0 aliphatic rings. The van der Waals surface area contributed by atoms with Crippen molar-refractivity contribution in [2.75, 3.05) is 11.9 Å². The van der Waals surface area contributed by atoms with Gasteiger partial charge in [-0.25, -0.2) is 8.78 Å². The molecule has 2 amide bonds. The van der Waals surface area contributed by atoms with Crippen LogP contribution < -0.4 is 10.6 Å².